The lowest BCUT2D eigenvalue weighted by atomic mass is 9.96. The van der Waals surface area contributed by atoms with Gasteiger partial charge in [0.05, 0.1) is 26.0 Å². The van der Waals surface area contributed by atoms with Crippen LogP contribution in [0.4, 0.5) is 26.3 Å². The molecule has 2 atom stereocenters. The molecule has 13 heteroatoms. The maximum atomic E-state index is 13.7. The first-order valence-electron chi connectivity index (χ1n) is 10.6. The number of halogens is 10. The summed E-state index contributed by atoms with van der Waals surface area (Å²) < 4.78 is 77.8. The van der Waals surface area contributed by atoms with Crippen LogP contribution in [-0.2, 0) is 4.79 Å². The normalized spacial score (nSPS) is 14.0. The van der Waals surface area contributed by atoms with Gasteiger partial charge in [-0.15, -0.1) is 0 Å². The second-order valence-electron chi connectivity index (χ2n) is 8.11. The van der Waals surface area contributed by atoms with Gasteiger partial charge >= 0.3 is 12.4 Å². The van der Waals surface area contributed by atoms with Crippen LogP contribution >= 0.6 is 46.4 Å². The molecule has 0 spiro atoms. The molecule has 0 aliphatic carbocycles. The number of hydrogen-bond acceptors (Lipinski definition) is 2. The molecule has 2 aromatic carbocycles. The van der Waals surface area contributed by atoms with Crippen molar-refractivity contribution in [2.24, 2.45) is 5.92 Å². The van der Waals surface area contributed by atoms with Crippen molar-refractivity contribution in [1.29, 1.82) is 0 Å². The fraction of sp³-hybridized carbons (Fsp3) is 0.333. The summed E-state index contributed by atoms with van der Waals surface area (Å²) in [4.78, 5) is 24.2. The summed E-state index contributed by atoms with van der Waals surface area (Å²) in [6.45, 7) is -0.0924. The van der Waals surface area contributed by atoms with E-state index in [2.05, 4.69) is 0 Å². The molecular weight excluding hydrogens is 590 g/mol. The Hall–Kier alpha value is -1.94. The van der Waals surface area contributed by atoms with Gasteiger partial charge < -0.3 is 5.32 Å². The zero-order valence-electron chi connectivity index (χ0n) is 18.9. The van der Waals surface area contributed by atoms with Crippen LogP contribution in [0.15, 0.2) is 36.4 Å². The molecule has 2 unspecified atom stereocenters. The molecule has 0 aliphatic heterocycles. The standard InChI is InChI=1S/C24H19Cl4F6NO2/c1-12(22(37)35-11-23(29,30)31)2-7-20(36)15-5-3-13(8-17(15)25)4-6-16(24(32,33)34)14-9-18(26)21(28)19(27)10-14/h3-6,8-10,12,16H,2,7,11H2,1H3,(H,35,37)/b6-4+. The zero-order chi connectivity index (χ0) is 28.1. The molecule has 1 N–H and O–H groups in total. The molecule has 0 radical (unpaired) electrons. The van der Waals surface area contributed by atoms with Gasteiger partial charge in [0.1, 0.15) is 6.54 Å². The Morgan fingerprint density at radius 1 is 0.946 bits per heavy atom. The molecular formula is C24H19Cl4F6NO2. The molecule has 2 aromatic rings. The summed E-state index contributed by atoms with van der Waals surface area (Å²) in [6, 6.07) is 6.12. The number of carbonyl (C=O) groups excluding carboxylic acids is 2. The van der Waals surface area contributed by atoms with Crippen LogP contribution in [0.1, 0.15) is 47.2 Å². The number of hydrogen-bond donors (Lipinski definition) is 1. The van der Waals surface area contributed by atoms with Crippen molar-refractivity contribution in [3.63, 3.8) is 0 Å². The maximum absolute atomic E-state index is 13.7. The molecule has 37 heavy (non-hydrogen) atoms. The van der Waals surface area contributed by atoms with Gasteiger partial charge in [0.25, 0.3) is 0 Å². The lowest BCUT2D eigenvalue weighted by Gasteiger charge is -2.18. The van der Waals surface area contributed by atoms with Crippen molar-refractivity contribution in [1.82, 2.24) is 5.32 Å². The molecule has 0 bridgehead atoms. The highest BCUT2D eigenvalue weighted by atomic mass is 35.5. The molecule has 0 fully saturated rings. The number of alkyl halides is 6. The van der Waals surface area contributed by atoms with Gasteiger partial charge in [0.15, 0.2) is 5.78 Å². The zero-order valence-corrected chi connectivity index (χ0v) is 21.9. The lowest BCUT2D eigenvalue weighted by molar-refractivity contribution is -0.140. The first-order chi connectivity index (χ1) is 17.0. The van der Waals surface area contributed by atoms with Crippen LogP contribution in [0.5, 0.6) is 0 Å². The summed E-state index contributed by atoms with van der Waals surface area (Å²) in [7, 11) is 0. The van der Waals surface area contributed by atoms with Gasteiger partial charge in [0.2, 0.25) is 5.91 Å². The van der Waals surface area contributed by atoms with Crippen molar-refractivity contribution in [2.45, 2.75) is 38.0 Å². The molecule has 0 saturated carbocycles. The number of Topliss-reactive ketones (excluding diaryl/α,β-unsaturated/α-hetero) is 1. The topological polar surface area (TPSA) is 46.2 Å². The number of carbonyl (C=O) groups is 2. The Morgan fingerprint density at radius 2 is 1.54 bits per heavy atom. The summed E-state index contributed by atoms with van der Waals surface area (Å²) in [5.74, 6) is -4.25. The van der Waals surface area contributed by atoms with Crippen molar-refractivity contribution in [2.75, 3.05) is 6.54 Å². The van der Waals surface area contributed by atoms with E-state index < -0.39 is 42.4 Å². The minimum atomic E-state index is -4.68. The van der Waals surface area contributed by atoms with Crippen LogP contribution in [0.25, 0.3) is 6.08 Å². The van der Waals surface area contributed by atoms with E-state index in [4.69, 9.17) is 46.4 Å². The van der Waals surface area contributed by atoms with Crippen LogP contribution in [-0.4, -0.2) is 30.6 Å². The molecule has 0 aliphatic rings. The van der Waals surface area contributed by atoms with Gasteiger partial charge in [-0.2, -0.15) is 26.3 Å². The van der Waals surface area contributed by atoms with Crippen LogP contribution in [0.2, 0.25) is 20.1 Å². The van der Waals surface area contributed by atoms with Gasteiger partial charge in [-0.25, -0.2) is 0 Å². The van der Waals surface area contributed by atoms with E-state index in [1.165, 1.54) is 31.2 Å². The smallest absolute Gasteiger partial charge is 0.347 e. The molecule has 0 saturated heterocycles. The van der Waals surface area contributed by atoms with E-state index >= 15 is 0 Å². The Labute approximate surface area is 228 Å². The van der Waals surface area contributed by atoms with Gasteiger partial charge in [-0.3, -0.25) is 9.59 Å². The second-order valence-corrected chi connectivity index (χ2v) is 9.71. The van der Waals surface area contributed by atoms with E-state index in [0.717, 1.165) is 18.2 Å². The number of amides is 1. The summed E-state index contributed by atoms with van der Waals surface area (Å²) in [5.41, 5.74) is 0.0987. The number of allylic oxidation sites excluding steroid dienone is 1. The number of benzene rings is 2. The molecule has 0 aromatic heterocycles. The number of nitrogens with one attached hydrogen (secondary N) is 1. The van der Waals surface area contributed by atoms with E-state index in [9.17, 15) is 35.9 Å². The fourth-order valence-corrected chi connectivity index (χ4v) is 4.11. The first kappa shape index (κ1) is 31.3. The molecule has 0 heterocycles. The highest BCUT2D eigenvalue weighted by molar-refractivity contribution is 6.48. The van der Waals surface area contributed by atoms with E-state index in [-0.39, 0.29) is 49.6 Å². The Kier molecular flexibility index (Phi) is 10.8. The Morgan fingerprint density at radius 3 is 2.05 bits per heavy atom. The SMILES string of the molecule is CC(CCC(=O)c1ccc(/C=C/C(c2cc(Cl)c(Cl)c(Cl)c2)C(F)(F)F)cc1Cl)C(=O)NCC(F)(F)F. The lowest BCUT2D eigenvalue weighted by Crippen LogP contribution is -2.37. The van der Waals surface area contributed by atoms with E-state index in [1.807, 2.05) is 0 Å². The van der Waals surface area contributed by atoms with E-state index in [0.29, 0.717) is 0 Å². The average molecular weight is 609 g/mol. The molecule has 3 nitrogen and oxygen atoms in total. The molecule has 2 rings (SSSR count). The van der Waals surface area contributed by atoms with Crippen molar-refractivity contribution < 1.29 is 35.9 Å². The Bertz CT molecular complexity index is 1160. The Balaban J connectivity index is 2.12. The highest BCUT2D eigenvalue weighted by Crippen LogP contribution is 2.41. The minimum absolute atomic E-state index is 0.0278. The van der Waals surface area contributed by atoms with Crippen LogP contribution in [0, 0.1) is 5.92 Å². The quantitative estimate of drug-likeness (QED) is 0.175. The second kappa shape index (κ2) is 12.7. The summed E-state index contributed by atoms with van der Waals surface area (Å²) >= 11 is 23.7. The predicted octanol–water partition coefficient (Wildman–Crippen LogP) is 8.94. The van der Waals surface area contributed by atoms with Crippen molar-refractivity contribution in [3.05, 3.63) is 73.2 Å². The van der Waals surface area contributed by atoms with Gasteiger partial charge in [0, 0.05) is 17.9 Å². The monoisotopic (exact) mass is 607 g/mol. The third-order valence-electron chi connectivity index (χ3n) is 5.21. The van der Waals surface area contributed by atoms with Crippen LogP contribution in [0.3, 0.4) is 0 Å². The third kappa shape index (κ3) is 9.39. The van der Waals surface area contributed by atoms with Gasteiger partial charge in [-0.05, 0) is 41.8 Å². The largest absolute Gasteiger partial charge is 0.405 e. The number of rotatable bonds is 9. The van der Waals surface area contributed by atoms with Crippen LogP contribution < -0.4 is 5.32 Å². The fourth-order valence-electron chi connectivity index (χ4n) is 3.21. The highest BCUT2D eigenvalue weighted by Gasteiger charge is 2.39. The molecule has 1 amide bonds. The van der Waals surface area contributed by atoms with Crippen molar-refractivity contribution >= 4 is 64.2 Å². The predicted molar refractivity (Wildman–Crippen MR) is 133 cm³/mol. The third-order valence-corrected chi connectivity index (χ3v) is 6.72. The van der Waals surface area contributed by atoms with Gasteiger partial charge in [-0.1, -0.05) is 71.5 Å². The maximum Gasteiger partial charge on any atom is 0.405 e. The average Bonchev–Trinajstić information content (AvgIpc) is 2.77. The first-order valence-corrected chi connectivity index (χ1v) is 12.1. The summed E-state index contributed by atoms with van der Waals surface area (Å²) in [6.07, 6.45) is -7.39. The summed E-state index contributed by atoms with van der Waals surface area (Å²) in [5, 5.41) is 1.37. The van der Waals surface area contributed by atoms with E-state index in [1.54, 1.807) is 5.32 Å². The molecule has 202 valence electrons. The minimum Gasteiger partial charge on any atom is -0.347 e. The number of ketones is 1. The van der Waals surface area contributed by atoms with Crippen molar-refractivity contribution in [3.8, 4) is 0 Å².